The lowest BCUT2D eigenvalue weighted by Gasteiger charge is -2.38. The van der Waals surface area contributed by atoms with Gasteiger partial charge in [-0.2, -0.15) is 4.67 Å². The predicted octanol–water partition coefficient (Wildman–Crippen LogP) is 5.55. The fourth-order valence-corrected chi connectivity index (χ4v) is 5.07. The Hall–Kier alpha value is -1.13. The lowest BCUT2D eigenvalue weighted by molar-refractivity contribution is 0.177. The van der Waals surface area contributed by atoms with Crippen LogP contribution in [-0.2, 0) is 15.6 Å². The first-order valence-electron chi connectivity index (χ1n) is 7.58. The summed E-state index contributed by atoms with van der Waals surface area (Å²) >= 11 is 3.48. The molecule has 0 saturated carbocycles. The Balaban J connectivity index is 2.00. The molecule has 2 atom stereocenters. The van der Waals surface area contributed by atoms with Crippen molar-refractivity contribution in [2.75, 3.05) is 6.61 Å². The molecular formula is C17H19BrNO3P. The average Bonchev–Trinajstić information content (AvgIpc) is 2.55. The zero-order valence-corrected chi connectivity index (χ0v) is 15.6. The van der Waals surface area contributed by atoms with Crippen LogP contribution in [0.4, 0.5) is 0 Å². The summed E-state index contributed by atoms with van der Waals surface area (Å²) < 4.78 is 27.5. The Morgan fingerprint density at radius 3 is 2.74 bits per heavy atom. The number of halogens is 1. The van der Waals surface area contributed by atoms with E-state index in [-0.39, 0.29) is 6.04 Å². The summed E-state index contributed by atoms with van der Waals surface area (Å²) in [5, 5.41) is 0. The molecule has 2 aromatic rings. The maximum absolute atomic E-state index is 13.3. The Bertz CT molecular complexity index is 738. The van der Waals surface area contributed by atoms with Crippen LogP contribution in [0.1, 0.15) is 31.0 Å². The van der Waals surface area contributed by atoms with Crippen LogP contribution in [0.3, 0.4) is 0 Å². The molecule has 0 amide bonds. The molecular weight excluding hydrogens is 377 g/mol. The molecule has 0 saturated heterocycles. The van der Waals surface area contributed by atoms with Crippen molar-refractivity contribution in [2.24, 2.45) is 0 Å². The van der Waals surface area contributed by atoms with E-state index in [1.807, 2.05) is 67.0 Å². The maximum atomic E-state index is 13.3. The van der Waals surface area contributed by atoms with Gasteiger partial charge in [-0.25, -0.2) is 4.57 Å². The van der Waals surface area contributed by atoms with Gasteiger partial charge in [0.25, 0.3) is 0 Å². The van der Waals surface area contributed by atoms with E-state index in [0.717, 1.165) is 15.6 Å². The highest BCUT2D eigenvalue weighted by Gasteiger charge is 2.43. The van der Waals surface area contributed by atoms with E-state index in [1.54, 1.807) is 0 Å². The smallest absolute Gasteiger partial charge is 0.413 e. The number of nitrogens with zero attached hydrogens (tertiary/aromatic N) is 1. The van der Waals surface area contributed by atoms with Crippen molar-refractivity contribution in [3.63, 3.8) is 0 Å². The monoisotopic (exact) mass is 395 g/mol. The molecule has 122 valence electrons. The van der Waals surface area contributed by atoms with E-state index in [9.17, 15) is 4.57 Å². The third-order valence-electron chi connectivity index (χ3n) is 3.90. The van der Waals surface area contributed by atoms with Crippen LogP contribution in [0.15, 0.2) is 53.0 Å². The number of benzene rings is 2. The fraction of sp³-hybridized carbons (Fsp3) is 0.294. The van der Waals surface area contributed by atoms with Crippen molar-refractivity contribution in [1.29, 1.82) is 0 Å². The van der Waals surface area contributed by atoms with Crippen LogP contribution in [0.25, 0.3) is 0 Å². The molecule has 2 unspecified atom stereocenters. The van der Waals surface area contributed by atoms with Crippen LogP contribution in [0.2, 0.25) is 0 Å². The standard InChI is InChI=1S/C17H19BrNO3P/c1-3-21-23(20)19(13(2)14-7-5-4-6-8-14)12-15-11-16(18)9-10-17(15)22-23/h4-11,13H,3,12H2,1-2H3. The molecule has 3 rings (SSSR count). The Morgan fingerprint density at radius 2 is 2.04 bits per heavy atom. The quantitative estimate of drug-likeness (QED) is 0.636. The minimum Gasteiger partial charge on any atom is -0.413 e. The summed E-state index contributed by atoms with van der Waals surface area (Å²) in [5.74, 6) is 0.626. The van der Waals surface area contributed by atoms with Crippen LogP contribution in [0, 0.1) is 0 Å². The van der Waals surface area contributed by atoms with Gasteiger partial charge in [-0.15, -0.1) is 0 Å². The highest BCUT2D eigenvalue weighted by Crippen LogP contribution is 2.60. The third kappa shape index (κ3) is 3.38. The zero-order valence-electron chi connectivity index (χ0n) is 13.1. The molecule has 23 heavy (non-hydrogen) atoms. The number of fused-ring (bicyclic) bond motifs is 1. The SMILES string of the molecule is CCOP1(=O)Oc2ccc(Br)cc2CN1C(C)c1ccccc1. The van der Waals surface area contributed by atoms with Gasteiger partial charge in [-0.05, 0) is 37.6 Å². The summed E-state index contributed by atoms with van der Waals surface area (Å²) in [4.78, 5) is 0. The molecule has 0 aliphatic carbocycles. The molecule has 0 N–H and O–H groups in total. The molecule has 2 aromatic carbocycles. The van der Waals surface area contributed by atoms with Gasteiger partial charge in [0, 0.05) is 22.6 Å². The summed E-state index contributed by atoms with van der Waals surface area (Å²) in [5.41, 5.74) is 2.07. The summed E-state index contributed by atoms with van der Waals surface area (Å²) in [6, 6.07) is 15.6. The second kappa shape index (κ2) is 6.78. The highest BCUT2D eigenvalue weighted by molar-refractivity contribution is 9.10. The largest absolute Gasteiger partial charge is 0.462 e. The molecule has 1 heterocycles. The molecule has 0 bridgehead atoms. The molecule has 0 fully saturated rings. The van der Waals surface area contributed by atoms with Gasteiger partial charge in [0.05, 0.1) is 6.61 Å². The van der Waals surface area contributed by atoms with E-state index >= 15 is 0 Å². The molecule has 4 nitrogen and oxygen atoms in total. The first kappa shape index (κ1) is 16.7. The first-order valence-corrected chi connectivity index (χ1v) is 9.87. The second-order valence-corrected chi connectivity index (χ2v) is 8.22. The molecule has 0 spiro atoms. The van der Waals surface area contributed by atoms with E-state index in [2.05, 4.69) is 15.9 Å². The maximum Gasteiger partial charge on any atom is 0.462 e. The summed E-state index contributed by atoms with van der Waals surface area (Å²) in [7, 11) is -3.37. The van der Waals surface area contributed by atoms with Gasteiger partial charge in [0.2, 0.25) is 0 Å². The van der Waals surface area contributed by atoms with Crippen LogP contribution < -0.4 is 4.52 Å². The van der Waals surface area contributed by atoms with Gasteiger partial charge in [-0.3, -0.25) is 4.52 Å². The fourth-order valence-electron chi connectivity index (χ4n) is 2.71. The molecule has 0 aromatic heterocycles. The van der Waals surface area contributed by atoms with Gasteiger partial charge >= 0.3 is 7.75 Å². The van der Waals surface area contributed by atoms with Crippen LogP contribution in [0.5, 0.6) is 5.75 Å². The third-order valence-corrected chi connectivity index (χ3v) is 6.53. The van der Waals surface area contributed by atoms with Gasteiger partial charge in [-0.1, -0.05) is 46.3 Å². The first-order chi connectivity index (χ1) is 11.0. The number of hydrogen-bond acceptors (Lipinski definition) is 3. The Morgan fingerprint density at radius 1 is 1.30 bits per heavy atom. The van der Waals surface area contributed by atoms with Crippen molar-refractivity contribution in [2.45, 2.75) is 26.4 Å². The lowest BCUT2D eigenvalue weighted by Crippen LogP contribution is -2.30. The molecule has 1 aliphatic rings. The van der Waals surface area contributed by atoms with Crippen molar-refractivity contribution in [1.82, 2.24) is 4.67 Å². The number of rotatable bonds is 4. The zero-order chi connectivity index (χ0) is 16.4. The minimum atomic E-state index is -3.37. The summed E-state index contributed by atoms with van der Waals surface area (Å²) in [6.45, 7) is 4.70. The normalized spacial score (nSPS) is 22.2. The van der Waals surface area contributed by atoms with Gasteiger partial charge in [0.1, 0.15) is 5.75 Å². The second-order valence-electron chi connectivity index (χ2n) is 5.41. The predicted molar refractivity (Wildman–Crippen MR) is 94.4 cm³/mol. The average molecular weight is 396 g/mol. The topological polar surface area (TPSA) is 38.8 Å². The highest BCUT2D eigenvalue weighted by atomic mass is 79.9. The van der Waals surface area contributed by atoms with Crippen molar-refractivity contribution in [3.8, 4) is 5.75 Å². The van der Waals surface area contributed by atoms with E-state index in [1.165, 1.54) is 0 Å². The van der Waals surface area contributed by atoms with E-state index in [0.29, 0.717) is 18.9 Å². The summed E-state index contributed by atoms with van der Waals surface area (Å²) in [6.07, 6.45) is 0. The molecule has 0 radical (unpaired) electrons. The van der Waals surface area contributed by atoms with E-state index < -0.39 is 7.75 Å². The Kier molecular flexibility index (Phi) is 4.93. The van der Waals surface area contributed by atoms with Crippen LogP contribution in [-0.4, -0.2) is 11.3 Å². The molecule has 1 aliphatic heterocycles. The number of hydrogen-bond donors (Lipinski definition) is 0. The van der Waals surface area contributed by atoms with Crippen molar-refractivity contribution >= 4 is 23.7 Å². The minimum absolute atomic E-state index is 0.0827. The molecule has 6 heteroatoms. The Labute approximate surface area is 145 Å². The van der Waals surface area contributed by atoms with Crippen LogP contribution >= 0.6 is 23.7 Å². The van der Waals surface area contributed by atoms with Crippen molar-refractivity contribution in [3.05, 3.63) is 64.1 Å². The van der Waals surface area contributed by atoms with Gasteiger partial charge in [0.15, 0.2) is 0 Å². The van der Waals surface area contributed by atoms with Crippen molar-refractivity contribution < 1.29 is 13.6 Å². The lowest BCUT2D eigenvalue weighted by atomic mass is 10.1. The van der Waals surface area contributed by atoms with Gasteiger partial charge < -0.3 is 4.52 Å². The van der Waals surface area contributed by atoms with E-state index in [4.69, 9.17) is 9.05 Å².